The summed E-state index contributed by atoms with van der Waals surface area (Å²) in [6.07, 6.45) is 14.4. The zero-order valence-electron chi connectivity index (χ0n) is 27.9. The van der Waals surface area contributed by atoms with Crippen LogP contribution in [0.15, 0.2) is 78.9 Å². The molecule has 0 N–H and O–H groups in total. The number of aryl methyl sites for hydroxylation is 1. The summed E-state index contributed by atoms with van der Waals surface area (Å²) in [4.78, 5) is 0. The second-order valence-electron chi connectivity index (χ2n) is 16.3. The molecule has 3 aromatic carbocycles. The number of fused-ring (bicyclic) bond motifs is 5. The summed E-state index contributed by atoms with van der Waals surface area (Å²) >= 11 is -4.21. The molecular formula is C41H48Cl2Zr. The normalized spacial score (nSPS) is 18.7. The fourth-order valence-corrected chi connectivity index (χ4v) is 22.6. The molecule has 0 aromatic heterocycles. The van der Waals surface area contributed by atoms with Crippen molar-refractivity contribution < 1.29 is 18.3 Å². The summed E-state index contributed by atoms with van der Waals surface area (Å²) in [6.45, 7) is 18.8. The molecule has 4 aliphatic carbocycles. The molecule has 0 atom stereocenters. The van der Waals surface area contributed by atoms with E-state index in [9.17, 15) is 0 Å². The molecule has 0 fully saturated rings. The second kappa shape index (κ2) is 10.2. The summed E-state index contributed by atoms with van der Waals surface area (Å²) in [5, 5.41) is 0. The van der Waals surface area contributed by atoms with Gasteiger partial charge in [-0.05, 0) is 0 Å². The quantitative estimate of drug-likeness (QED) is 0.199. The van der Waals surface area contributed by atoms with Crippen LogP contribution in [0.25, 0.3) is 23.3 Å². The van der Waals surface area contributed by atoms with Crippen LogP contribution in [-0.2, 0) is 35.5 Å². The third-order valence-electron chi connectivity index (χ3n) is 11.4. The van der Waals surface area contributed by atoms with Crippen LogP contribution in [0, 0.1) is 12.3 Å². The van der Waals surface area contributed by atoms with E-state index >= 15 is 0 Å². The molecule has 0 aliphatic heterocycles. The standard InChI is InChI=1S/C23H21.C9H13.C7H7.CH3.CH2.2ClH.Zr/c1-22(2)7-5-14-10-18-16(12-20(14)22)9-17-13-21-15(11-19(17)18)6-8-23(21,3)4;1-9(2,3)8-6-4-5-7-8;1-7-5-3-2-4-6-7;;;;;/h5-7,10-13H,9H2,1-4H3;6-7H,4H2,1-3H3;3-6H,1H3;1H3;1H2;2*1H;. The Morgan fingerprint density at radius 1 is 0.795 bits per heavy atom. The third kappa shape index (κ3) is 4.59. The van der Waals surface area contributed by atoms with E-state index in [0.717, 1.165) is 12.8 Å². The molecule has 0 amide bonds. The number of rotatable bonds is 3. The number of hydrogen-bond acceptors (Lipinski definition) is 0. The first kappa shape index (κ1) is 33.3. The third-order valence-corrected chi connectivity index (χ3v) is 26.7. The van der Waals surface area contributed by atoms with Crippen LogP contribution in [0.3, 0.4) is 0 Å². The Morgan fingerprint density at radius 3 is 1.98 bits per heavy atom. The topological polar surface area (TPSA) is 0 Å². The van der Waals surface area contributed by atoms with Crippen LogP contribution in [0.4, 0.5) is 0 Å². The van der Waals surface area contributed by atoms with Crippen molar-refractivity contribution in [3.63, 3.8) is 0 Å². The molecule has 7 rings (SSSR count). The summed E-state index contributed by atoms with van der Waals surface area (Å²) in [5.74, 6) is 0. The summed E-state index contributed by atoms with van der Waals surface area (Å²) in [7, 11) is 0. The van der Waals surface area contributed by atoms with Crippen molar-refractivity contribution in [1.82, 2.24) is 0 Å². The molecule has 0 spiro atoms. The van der Waals surface area contributed by atoms with Gasteiger partial charge in [0.1, 0.15) is 0 Å². The Morgan fingerprint density at radius 2 is 1.39 bits per heavy atom. The monoisotopic (exact) mass is 700 g/mol. The Kier molecular flexibility index (Phi) is 7.74. The van der Waals surface area contributed by atoms with Gasteiger partial charge in [0.25, 0.3) is 0 Å². The summed E-state index contributed by atoms with van der Waals surface area (Å²) in [5.41, 5.74) is 14.5. The van der Waals surface area contributed by atoms with Gasteiger partial charge in [0.2, 0.25) is 0 Å². The molecule has 44 heavy (non-hydrogen) atoms. The molecule has 0 unspecified atom stereocenters. The Balaban J connectivity index is 0.00000192. The van der Waals surface area contributed by atoms with Crippen molar-refractivity contribution in [1.29, 1.82) is 0 Å². The van der Waals surface area contributed by atoms with Crippen LogP contribution in [0.5, 0.6) is 0 Å². The van der Waals surface area contributed by atoms with E-state index in [1.807, 2.05) is 0 Å². The van der Waals surface area contributed by atoms with Crippen molar-refractivity contribution in [3.05, 3.63) is 118 Å². The zero-order chi connectivity index (χ0) is 30.1. The first-order valence-corrected chi connectivity index (χ1v) is 23.7. The minimum atomic E-state index is -4.21. The molecule has 0 heterocycles. The predicted molar refractivity (Wildman–Crippen MR) is 196 cm³/mol. The maximum absolute atomic E-state index is 5.46. The van der Waals surface area contributed by atoms with Crippen LogP contribution >= 0.6 is 24.8 Å². The fraction of sp³-hybridized carbons (Fsp3) is 0.341. The maximum atomic E-state index is 5.46. The molecule has 0 saturated heterocycles. The fourth-order valence-electron chi connectivity index (χ4n) is 8.63. The van der Waals surface area contributed by atoms with Crippen LogP contribution in [-0.4, -0.2) is 4.21 Å². The minimum absolute atomic E-state index is 0. The van der Waals surface area contributed by atoms with Crippen molar-refractivity contribution in [2.24, 2.45) is 5.41 Å². The van der Waals surface area contributed by atoms with Gasteiger partial charge >= 0.3 is 256 Å². The van der Waals surface area contributed by atoms with Crippen molar-refractivity contribution >= 4 is 44.4 Å². The molecular weight excluding hydrogens is 655 g/mol. The number of hydrogen-bond donors (Lipinski definition) is 0. The van der Waals surface area contributed by atoms with E-state index in [4.69, 9.17) is 4.21 Å². The summed E-state index contributed by atoms with van der Waals surface area (Å²) in [6, 6.07) is 19.5. The van der Waals surface area contributed by atoms with Gasteiger partial charge in [-0.3, -0.25) is 0 Å². The average molecular weight is 703 g/mol. The van der Waals surface area contributed by atoms with E-state index in [0.29, 0.717) is 0 Å². The Labute approximate surface area is 278 Å². The van der Waals surface area contributed by atoms with Crippen molar-refractivity contribution in [2.75, 3.05) is 0 Å². The van der Waals surface area contributed by atoms with E-state index in [1.54, 1.807) is 6.56 Å². The number of halogens is 2. The SMILES string of the molecule is Cl.Cl.[CH2]=[Zr]([CH3])([C]1=CC(C(C)(C)C)=CC1)([C]1=Cc2cc3c(cc2C1(C)C)Cc1cc2c(cc1-3)C=CC2(C)C)[c]1ccc(C)cc1. The van der Waals surface area contributed by atoms with Crippen molar-refractivity contribution in [2.45, 2.75) is 83.7 Å². The second-order valence-corrected chi connectivity index (χ2v) is 30.5. The van der Waals surface area contributed by atoms with Gasteiger partial charge in [-0.1, -0.05) is 0 Å². The Bertz CT molecular complexity index is 1920. The van der Waals surface area contributed by atoms with Gasteiger partial charge in [-0.25, -0.2) is 0 Å². The zero-order valence-corrected chi connectivity index (χ0v) is 32.0. The average Bonchev–Trinajstić information content (AvgIpc) is 3.66. The number of allylic oxidation sites excluding steroid dienone is 6. The van der Waals surface area contributed by atoms with Gasteiger partial charge in [-0.15, -0.1) is 24.8 Å². The molecule has 0 nitrogen and oxygen atoms in total. The van der Waals surface area contributed by atoms with Gasteiger partial charge in [0.15, 0.2) is 0 Å². The van der Waals surface area contributed by atoms with Gasteiger partial charge in [0, 0.05) is 0 Å². The first-order chi connectivity index (χ1) is 19.5. The van der Waals surface area contributed by atoms with Gasteiger partial charge in [-0.2, -0.15) is 0 Å². The summed E-state index contributed by atoms with van der Waals surface area (Å²) < 4.78 is 12.7. The molecule has 4 aliphatic rings. The van der Waals surface area contributed by atoms with E-state index < -0.39 is 18.3 Å². The van der Waals surface area contributed by atoms with E-state index in [2.05, 4.69) is 139 Å². The first-order valence-electron chi connectivity index (χ1n) is 15.8. The number of benzene rings is 3. The molecule has 3 heteroatoms. The van der Waals surface area contributed by atoms with Crippen molar-refractivity contribution in [3.8, 4) is 11.1 Å². The molecule has 0 saturated carbocycles. The van der Waals surface area contributed by atoms with E-state index in [1.165, 1.54) is 58.9 Å². The van der Waals surface area contributed by atoms with Gasteiger partial charge < -0.3 is 0 Å². The molecule has 0 radical (unpaired) electrons. The van der Waals surface area contributed by atoms with Gasteiger partial charge in [0.05, 0.1) is 0 Å². The van der Waals surface area contributed by atoms with E-state index in [-0.39, 0.29) is 41.1 Å². The molecule has 0 bridgehead atoms. The van der Waals surface area contributed by atoms with Crippen LogP contribution in [0.1, 0.15) is 93.8 Å². The van der Waals surface area contributed by atoms with Crippen LogP contribution in [0.2, 0.25) is 4.63 Å². The predicted octanol–water partition coefficient (Wildman–Crippen LogP) is 11.1. The molecule has 230 valence electrons. The van der Waals surface area contributed by atoms with Crippen LogP contribution < -0.4 is 3.27 Å². The Hall–Kier alpha value is -2.05. The molecule has 3 aromatic rings.